The molecule has 0 spiro atoms. The summed E-state index contributed by atoms with van der Waals surface area (Å²) in [5.74, 6) is -0.0652. The molecule has 0 fully saturated rings. The summed E-state index contributed by atoms with van der Waals surface area (Å²) in [5.41, 5.74) is 1.76. The standard InChI is InChI=1S/C15H18N4O3/c1-10-7-13(18-19(10)2)15(21)16-9-14(20)17-11-5-4-6-12(8-11)22-3/h4-8H,9H2,1-3H3,(H,16,21)(H,17,20). The van der Waals surface area contributed by atoms with Gasteiger partial charge in [0.05, 0.1) is 13.7 Å². The molecule has 2 rings (SSSR count). The highest BCUT2D eigenvalue weighted by Crippen LogP contribution is 2.16. The van der Waals surface area contributed by atoms with Crippen molar-refractivity contribution in [2.24, 2.45) is 7.05 Å². The van der Waals surface area contributed by atoms with Crippen LogP contribution in [-0.4, -0.2) is 35.2 Å². The van der Waals surface area contributed by atoms with Crippen molar-refractivity contribution >= 4 is 17.5 Å². The summed E-state index contributed by atoms with van der Waals surface area (Å²) in [6.45, 7) is 1.71. The number of aromatic nitrogens is 2. The van der Waals surface area contributed by atoms with Crippen LogP contribution in [0.2, 0.25) is 0 Å². The van der Waals surface area contributed by atoms with Gasteiger partial charge in [-0.3, -0.25) is 14.3 Å². The molecule has 2 amide bonds. The number of carbonyl (C=O) groups excluding carboxylic acids is 2. The summed E-state index contributed by atoms with van der Waals surface area (Å²) in [6.07, 6.45) is 0. The van der Waals surface area contributed by atoms with Crippen LogP contribution in [0.25, 0.3) is 0 Å². The third kappa shape index (κ3) is 3.85. The smallest absolute Gasteiger partial charge is 0.272 e. The Bertz CT molecular complexity index is 674. The van der Waals surface area contributed by atoms with Gasteiger partial charge in [0.2, 0.25) is 5.91 Å². The number of amides is 2. The highest BCUT2D eigenvalue weighted by Gasteiger charge is 2.12. The lowest BCUT2D eigenvalue weighted by atomic mass is 10.3. The number of aryl methyl sites for hydroxylation is 2. The fourth-order valence-electron chi connectivity index (χ4n) is 1.83. The first-order valence-corrected chi connectivity index (χ1v) is 6.72. The SMILES string of the molecule is COc1cccc(NC(=O)CNC(=O)c2cc(C)n(C)n2)c1. The zero-order valence-corrected chi connectivity index (χ0v) is 12.7. The lowest BCUT2D eigenvalue weighted by Gasteiger charge is -2.07. The quantitative estimate of drug-likeness (QED) is 0.866. The predicted octanol–water partition coefficient (Wildman–Crippen LogP) is 1.11. The first kappa shape index (κ1) is 15.6. The van der Waals surface area contributed by atoms with Gasteiger partial charge in [0.25, 0.3) is 5.91 Å². The molecule has 2 N–H and O–H groups in total. The lowest BCUT2D eigenvalue weighted by molar-refractivity contribution is -0.115. The number of nitrogens with zero attached hydrogens (tertiary/aromatic N) is 2. The van der Waals surface area contributed by atoms with Crippen LogP contribution in [-0.2, 0) is 11.8 Å². The number of hydrogen-bond donors (Lipinski definition) is 2. The molecule has 1 aromatic carbocycles. The maximum absolute atomic E-state index is 11.9. The molecule has 1 heterocycles. The fraction of sp³-hybridized carbons (Fsp3) is 0.267. The summed E-state index contributed by atoms with van der Waals surface area (Å²) in [6, 6.07) is 8.64. The molecule has 7 heteroatoms. The number of hydrogen-bond acceptors (Lipinski definition) is 4. The summed E-state index contributed by atoms with van der Waals surface area (Å²) in [4.78, 5) is 23.7. The number of ether oxygens (including phenoxy) is 1. The van der Waals surface area contributed by atoms with Crippen LogP contribution < -0.4 is 15.4 Å². The molecule has 0 saturated carbocycles. The molecule has 0 bridgehead atoms. The molecule has 0 aliphatic heterocycles. The van der Waals surface area contributed by atoms with Gasteiger partial charge < -0.3 is 15.4 Å². The molecule has 7 nitrogen and oxygen atoms in total. The van der Waals surface area contributed by atoms with Crippen LogP contribution in [0.1, 0.15) is 16.2 Å². The van der Waals surface area contributed by atoms with Crippen LogP contribution >= 0.6 is 0 Å². The van der Waals surface area contributed by atoms with Crippen LogP contribution in [0.5, 0.6) is 5.75 Å². The van der Waals surface area contributed by atoms with E-state index in [1.807, 2.05) is 6.92 Å². The van der Waals surface area contributed by atoms with Crippen LogP contribution in [0, 0.1) is 6.92 Å². The second kappa shape index (κ2) is 6.75. The second-order valence-electron chi connectivity index (χ2n) is 4.76. The second-order valence-corrected chi connectivity index (χ2v) is 4.76. The molecule has 0 atom stereocenters. The van der Waals surface area contributed by atoms with Crippen molar-refractivity contribution in [2.75, 3.05) is 19.0 Å². The Kier molecular flexibility index (Phi) is 4.77. The molecular weight excluding hydrogens is 284 g/mol. The molecule has 22 heavy (non-hydrogen) atoms. The van der Waals surface area contributed by atoms with Gasteiger partial charge in [-0.2, -0.15) is 5.10 Å². The minimum Gasteiger partial charge on any atom is -0.497 e. The summed E-state index contributed by atoms with van der Waals surface area (Å²) >= 11 is 0. The van der Waals surface area contributed by atoms with Crippen molar-refractivity contribution in [3.8, 4) is 5.75 Å². The third-order valence-electron chi connectivity index (χ3n) is 3.11. The highest BCUT2D eigenvalue weighted by molar-refractivity contribution is 5.98. The van der Waals surface area contributed by atoms with Crippen molar-refractivity contribution in [2.45, 2.75) is 6.92 Å². The average Bonchev–Trinajstić information content (AvgIpc) is 2.84. The van der Waals surface area contributed by atoms with E-state index in [0.29, 0.717) is 11.4 Å². The van der Waals surface area contributed by atoms with E-state index in [0.717, 1.165) is 5.69 Å². The van der Waals surface area contributed by atoms with Crippen LogP contribution in [0.4, 0.5) is 5.69 Å². The Balaban J connectivity index is 1.88. The van der Waals surface area contributed by atoms with E-state index in [1.165, 1.54) is 0 Å². The number of carbonyl (C=O) groups is 2. The minimum atomic E-state index is -0.385. The number of anilines is 1. The largest absolute Gasteiger partial charge is 0.497 e. The number of methoxy groups -OCH3 is 1. The Morgan fingerprint density at radius 2 is 2.09 bits per heavy atom. The summed E-state index contributed by atoms with van der Waals surface area (Å²) in [5, 5.41) is 9.26. The van der Waals surface area contributed by atoms with E-state index in [1.54, 1.807) is 49.2 Å². The highest BCUT2D eigenvalue weighted by atomic mass is 16.5. The number of benzene rings is 1. The maximum atomic E-state index is 11.9. The maximum Gasteiger partial charge on any atom is 0.272 e. The van der Waals surface area contributed by atoms with Gasteiger partial charge in [-0.05, 0) is 25.1 Å². The van der Waals surface area contributed by atoms with Gasteiger partial charge in [-0.15, -0.1) is 0 Å². The van der Waals surface area contributed by atoms with Gasteiger partial charge in [0.1, 0.15) is 11.4 Å². The number of rotatable bonds is 5. The Morgan fingerprint density at radius 3 is 2.73 bits per heavy atom. The van der Waals surface area contributed by atoms with E-state index < -0.39 is 0 Å². The monoisotopic (exact) mass is 302 g/mol. The normalized spacial score (nSPS) is 10.1. The Morgan fingerprint density at radius 1 is 1.32 bits per heavy atom. The molecule has 0 aliphatic rings. The topological polar surface area (TPSA) is 85.3 Å². The summed E-state index contributed by atoms with van der Waals surface area (Å²) < 4.78 is 6.68. The molecule has 0 unspecified atom stereocenters. The molecule has 0 aliphatic carbocycles. The van der Waals surface area contributed by atoms with E-state index in [4.69, 9.17) is 4.74 Å². The number of nitrogens with one attached hydrogen (secondary N) is 2. The molecule has 0 saturated heterocycles. The van der Waals surface area contributed by atoms with E-state index in [2.05, 4.69) is 15.7 Å². The van der Waals surface area contributed by atoms with Crippen molar-refractivity contribution < 1.29 is 14.3 Å². The first-order valence-electron chi connectivity index (χ1n) is 6.72. The van der Waals surface area contributed by atoms with Crippen molar-refractivity contribution in [3.63, 3.8) is 0 Å². The van der Waals surface area contributed by atoms with Crippen molar-refractivity contribution in [1.82, 2.24) is 15.1 Å². The van der Waals surface area contributed by atoms with Crippen molar-refractivity contribution in [3.05, 3.63) is 41.7 Å². The third-order valence-corrected chi connectivity index (χ3v) is 3.11. The molecule has 2 aromatic rings. The van der Waals surface area contributed by atoms with Gasteiger partial charge in [-0.25, -0.2) is 0 Å². The van der Waals surface area contributed by atoms with E-state index in [9.17, 15) is 9.59 Å². The van der Waals surface area contributed by atoms with Gasteiger partial charge >= 0.3 is 0 Å². The van der Waals surface area contributed by atoms with Crippen LogP contribution in [0.15, 0.2) is 30.3 Å². The van der Waals surface area contributed by atoms with E-state index >= 15 is 0 Å². The van der Waals surface area contributed by atoms with Crippen molar-refractivity contribution in [1.29, 1.82) is 0 Å². The zero-order valence-electron chi connectivity index (χ0n) is 12.7. The fourth-order valence-corrected chi connectivity index (χ4v) is 1.83. The van der Waals surface area contributed by atoms with Gasteiger partial charge in [-0.1, -0.05) is 6.07 Å². The molecule has 116 valence electrons. The van der Waals surface area contributed by atoms with Gasteiger partial charge in [0.15, 0.2) is 0 Å². The molecule has 1 aromatic heterocycles. The average molecular weight is 302 g/mol. The molecule has 0 radical (unpaired) electrons. The van der Waals surface area contributed by atoms with E-state index in [-0.39, 0.29) is 24.1 Å². The molecular formula is C15H18N4O3. The Hall–Kier alpha value is -2.83. The summed E-state index contributed by atoms with van der Waals surface area (Å²) in [7, 11) is 3.30. The van der Waals surface area contributed by atoms with Gasteiger partial charge in [0, 0.05) is 24.5 Å². The zero-order chi connectivity index (χ0) is 16.1. The predicted molar refractivity (Wildman–Crippen MR) is 81.9 cm³/mol. The minimum absolute atomic E-state index is 0.133. The lowest BCUT2D eigenvalue weighted by Crippen LogP contribution is -2.33. The Labute approximate surface area is 128 Å². The van der Waals surface area contributed by atoms with Crippen LogP contribution in [0.3, 0.4) is 0 Å². The first-order chi connectivity index (χ1) is 10.5.